The second kappa shape index (κ2) is 10.8. The topological polar surface area (TPSA) is 23.1 Å². The summed E-state index contributed by atoms with van der Waals surface area (Å²) in [7, 11) is 0. The molecule has 1 rings (SSSR count). The maximum absolute atomic E-state index is 10.3. The van der Waals surface area contributed by atoms with Crippen molar-refractivity contribution < 1.29 is 5.11 Å². The fraction of sp³-hybridized carbons (Fsp3) is 0.300. The Bertz CT molecular complexity index is 161. The van der Waals surface area contributed by atoms with Crippen LogP contribution in [0.2, 0.25) is 0 Å². The number of benzene rings is 1. The van der Waals surface area contributed by atoms with E-state index in [-0.39, 0.29) is 28.8 Å². The molecular weight excluding hydrogens is 160 g/mol. The molecule has 12 heavy (non-hydrogen) atoms. The van der Waals surface area contributed by atoms with E-state index in [4.69, 9.17) is 0 Å². The van der Waals surface area contributed by atoms with Crippen LogP contribution in [0.15, 0.2) is 30.3 Å². The van der Waals surface area contributed by atoms with Crippen molar-refractivity contribution in [1.82, 2.24) is 0 Å². The van der Waals surface area contributed by atoms with Crippen LogP contribution in [0.25, 0.3) is 0 Å². The van der Waals surface area contributed by atoms with Crippen molar-refractivity contribution in [2.24, 2.45) is 0 Å². The predicted octanol–water partition coefficient (Wildman–Crippen LogP) is 2.00. The van der Waals surface area contributed by atoms with Gasteiger partial charge in [0.15, 0.2) is 0 Å². The molecule has 1 aromatic rings. The van der Waals surface area contributed by atoms with Gasteiger partial charge in [0.2, 0.25) is 0 Å². The Morgan fingerprint density at radius 3 is 1.83 bits per heavy atom. The summed E-state index contributed by atoms with van der Waals surface area (Å²) in [6.07, 6.45) is 2.28. The molecule has 1 aromatic carbocycles. The smallest absolute Gasteiger partial charge is 0.872 e. The molecule has 0 atom stereocenters. The van der Waals surface area contributed by atoms with Crippen molar-refractivity contribution in [3.8, 4) is 5.75 Å². The standard InChI is InChI=1S/C6H6O.C4H9.Mg/c7-6-4-2-1-3-5-6;1-3-4-2;/h1-5,7H;1,3-4H2,2H3;/q;-1;+2/p-1. The van der Waals surface area contributed by atoms with Gasteiger partial charge in [-0.3, -0.25) is 0 Å². The van der Waals surface area contributed by atoms with E-state index in [9.17, 15) is 5.11 Å². The van der Waals surface area contributed by atoms with Gasteiger partial charge in [0.25, 0.3) is 0 Å². The second-order valence-electron chi connectivity index (χ2n) is 2.17. The van der Waals surface area contributed by atoms with Crippen LogP contribution >= 0.6 is 0 Å². The zero-order chi connectivity index (χ0) is 8.53. The van der Waals surface area contributed by atoms with E-state index in [1.165, 1.54) is 18.6 Å². The average molecular weight is 175 g/mol. The van der Waals surface area contributed by atoms with Gasteiger partial charge in [-0.2, -0.15) is 6.42 Å². The predicted molar refractivity (Wildman–Crippen MR) is 51.9 cm³/mol. The average Bonchev–Trinajstić information content (AvgIpc) is 2.07. The molecule has 0 heterocycles. The molecule has 62 valence electrons. The molecule has 0 aliphatic heterocycles. The molecule has 0 unspecified atom stereocenters. The molecule has 0 saturated heterocycles. The molecule has 0 bridgehead atoms. The summed E-state index contributed by atoms with van der Waals surface area (Å²) in [5.74, 6) is 0.0718. The minimum absolute atomic E-state index is 0. The molecule has 0 aliphatic rings. The summed E-state index contributed by atoms with van der Waals surface area (Å²) in [5, 5.41) is 10.3. The Morgan fingerprint density at radius 2 is 1.67 bits per heavy atom. The maximum atomic E-state index is 10.3. The summed E-state index contributed by atoms with van der Waals surface area (Å²) in [5.41, 5.74) is 0. The number of hydrogen-bond acceptors (Lipinski definition) is 1. The quantitative estimate of drug-likeness (QED) is 0.472. The summed E-state index contributed by atoms with van der Waals surface area (Å²) in [6, 6.07) is 8.33. The molecule has 0 N–H and O–H groups in total. The van der Waals surface area contributed by atoms with Crippen molar-refractivity contribution in [2.45, 2.75) is 19.8 Å². The second-order valence-corrected chi connectivity index (χ2v) is 2.17. The zero-order valence-electron chi connectivity index (χ0n) is 7.62. The number of hydrogen-bond donors (Lipinski definition) is 0. The molecular formula is C10H14MgO. The first-order chi connectivity index (χ1) is 5.31. The van der Waals surface area contributed by atoms with Crippen LogP contribution in [-0.4, -0.2) is 23.1 Å². The van der Waals surface area contributed by atoms with Gasteiger partial charge in [-0.15, -0.1) is 5.75 Å². The fourth-order valence-corrected chi connectivity index (χ4v) is 0.420. The SMILES string of the molecule is [CH2-]CCC.[Mg+2].[O-]c1ccccc1. The maximum Gasteiger partial charge on any atom is 2.00 e. The van der Waals surface area contributed by atoms with Gasteiger partial charge in [-0.05, 0) is 0 Å². The molecule has 0 fully saturated rings. The number of para-hydroxylation sites is 1. The third-order valence-corrected chi connectivity index (χ3v) is 1.10. The molecule has 0 amide bonds. The number of unbranched alkanes of at least 4 members (excludes halogenated alkanes) is 1. The van der Waals surface area contributed by atoms with Gasteiger partial charge in [0, 0.05) is 0 Å². The van der Waals surface area contributed by atoms with E-state index >= 15 is 0 Å². The first-order valence-corrected chi connectivity index (χ1v) is 3.82. The number of rotatable bonds is 1. The van der Waals surface area contributed by atoms with Gasteiger partial charge in [0.05, 0.1) is 0 Å². The molecule has 0 saturated carbocycles. The largest absolute Gasteiger partial charge is 2.00 e. The zero-order valence-corrected chi connectivity index (χ0v) is 9.04. The Balaban J connectivity index is 0. The van der Waals surface area contributed by atoms with Crippen LogP contribution in [0, 0.1) is 6.92 Å². The van der Waals surface area contributed by atoms with Crippen LogP contribution in [0.5, 0.6) is 5.75 Å². The van der Waals surface area contributed by atoms with Crippen LogP contribution < -0.4 is 5.11 Å². The minimum Gasteiger partial charge on any atom is -0.872 e. The van der Waals surface area contributed by atoms with Crippen molar-refractivity contribution in [3.63, 3.8) is 0 Å². The molecule has 2 heteroatoms. The third-order valence-electron chi connectivity index (χ3n) is 1.10. The summed E-state index contributed by atoms with van der Waals surface area (Å²) < 4.78 is 0. The molecule has 0 spiro atoms. The van der Waals surface area contributed by atoms with E-state index in [2.05, 4.69) is 13.8 Å². The molecule has 0 radical (unpaired) electrons. The van der Waals surface area contributed by atoms with E-state index < -0.39 is 0 Å². The fourth-order valence-electron chi connectivity index (χ4n) is 0.420. The van der Waals surface area contributed by atoms with E-state index in [1.54, 1.807) is 12.1 Å². The van der Waals surface area contributed by atoms with Crippen LogP contribution in [0.4, 0.5) is 0 Å². The van der Waals surface area contributed by atoms with Gasteiger partial charge in [-0.1, -0.05) is 43.7 Å². The summed E-state index contributed by atoms with van der Waals surface area (Å²) in [4.78, 5) is 0. The van der Waals surface area contributed by atoms with Crippen LogP contribution in [-0.2, 0) is 0 Å². The Hall–Kier alpha value is -0.214. The van der Waals surface area contributed by atoms with Gasteiger partial charge in [-0.25, -0.2) is 0 Å². The molecule has 0 aromatic heterocycles. The molecule has 1 nitrogen and oxygen atoms in total. The van der Waals surface area contributed by atoms with Gasteiger partial charge in [0.1, 0.15) is 0 Å². The van der Waals surface area contributed by atoms with Crippen LogP contribution in [0.3, 0.4) is 0 Å². The van der Waals surface area contributed by atoms with Crippen molar-refractivity contribution >= 4 is 23.1 Å². The van der Waals surface area contributed by atoms with E-state index in [0.29, 0.717) is 0 Å². The van der Waals surface area contributed by atoms with E-state index in [0.717, 1.165) is 6.42 Å². The minimum atomic E-state index is 0. The first kappa shape index (κ1) is 14.3. The summed E-state index contributed by atoms with van der Waals surface area (Å²) >= 11 is 0. The van der Waals surface area contributed by atoms with Crippen molar-refractivity contribution in [2.75, 3.05) is 0 Å². The molecule has 0 aliphatic carbocycles. The summed E-state index contributed by atoms with van der Waals surface area (Å²) in [6.45, 7) is 5.72. The Morgan fingerprint density at radius 1 is 1.25 bits per heavy atom. The normalized spacial score (nSPS) is 7.50. The monoisotopic (exact) mass is 174 g/mol. The van der Waals surface area contributed by atoms with E-state index in [1.807, 2.05) is 6.07 Å². The van der Waals surface area contributed by atoms with Gasteiger partial charge < -0.3 is 12.0 Å². The third kappa shape index (κ3) is 9.79. The van der Waals surface area contributed by atoms with Gasteiger partial charge >= 0.3 is 23.1 Å². The van der Waals surface area contributed by atoms with Crippen molar-refractivity contribution in [3.05, 3.63) is 37.3 Å². The Labute approximate surface area is 91.0 Å². The van der Waals surface area contributed by atoms with Crippen LogP contribution in [0.1, 0.15) is 19.8 Å². The Kier molecular flexibility index (Phi) is 12.9. The first-order valence-electron chi connectivity index (χ1n) is 3.82. The van der Waals surface area contributed by atoms with Crippen molar-refractivity contribution in [1.29, 1.82) is 0 Å².